The van der Waals surface area contributed by atoms with Crippen molar-refractivity contribution in [3.8, 4) is 5.75 Å². The second-order valence-corrected chi connectivity index (χ2v) is 6.44. The van der Waals surface area contributed by atoms with E-state index in [1.54, 1.807) is 18.9 Å². The molecule has 3 aromatic carbocycles. The van der Waals surface area contributed by atoms with E-state index in [1.165, 1.54) is 16.3 Å². The highest BCUT2D eigenvalue weighted by Gasteiger charge is 2.04. The molecule has 0 radical (unpaired) electrons. The zero-order chi connectivity index (χ0) is 16.8. The molecule has 4 heteroatoms. The Balaban J connectivity index is 1.52. The molecule has 1 N–H and O–H groups in total. The van der Waals surface area contributed by atoms with E-state index in [0.29, 0.717) is 5.75 Å². The summed E-state index contributed by atoms with van der Waals surface area (Å²) in [6.07, 6.45) is 0. The van der Waals surface area contributed by atoms with Gasteiger partial charge in [-0.2, -0.15) is 0 Å². The standard InChI is InChI=1S/C20H19NO2S/c1-23-19-8-4-7-18(12-19)21-20(22)14-24-13-15-9-10-16-5-2-3-6-17(16)11-15/h2-12H,13-14H2,1H3,(H,21,22). The molecule has 1 amide bonds. The molecule has 0 saturated carbocycles. The number of rotatable bonds is 6. The molecule has 0 spiro atoms. The van der Waals surface area contributed by atoms with Crippen molar-refractivity contribution in [2.24, 2.45) is 0 Å². The first-order chi connectivity index (χ1) is 11.7. The molecule has 3 rings (SSSR count). The Kier molecular flexibility index (Phi) is 5.39. The molecule has 0 unspecified atom stereocenters. The van der Waals surface area contributed by atoms with E-state index in [0.717, 1.165) is 17.2 Å². The van der Waals surface area contributed by atoms with E-state index < -0.39 is 0 Å². The van der Waals surface area contributed by atoms with E-state index in [1.807, 2.05) is 36.4 Å². The highest BCUT2D eigenvalue weighted by molar-refractivity contribution is 7.99. The molecule has 0 fully saturated rings. The van der Waals surface area contributed by atoms with Crippen LogP contribution in [0.15, 0.2) is 66.7 Å². The van der Waals surface area contributed by atoms with Gasteiger partial charge in [0.05, 0.1) is 12.9 Å². The third-order valence-electron chi connectivity index (χ3n) is 3.67. The minimum atomic E-state index is -0.00552. The summed E-state index contributed by atoms with van der Waals surface area (Å²) in [6, 6.07) is 22.1. The van der Waals surface area contributed by atoms with Crippen LogP contribution in [0.2, 0.25) is 0 Å². The second kappa shape index (κ2) is 7.88. The largest absolute Gasteiger partial charge is 0.497 e. The van der Waals surface area contributed by atoms with Gasteiger partial charge in [-0.05, 0) is 28.5 Å². The number of benzene rings is 3. The van der Waals surface area contributed by atoms with Gasteiger partial charge in [-0.25, -0.2) is 0 Å². The van der Waals surface area contributed by atoms with Crippen molar-refractivity contribution in [2.75, 3.05) is 18.2 Å². The molecule has 3 aromatic rings. The lowest BCUT2D eigenvalue weighted by Crippen LogP contribution is -2.14. The lowest BCUT2D eigenvalue weighted by atomic mass is 10.1. The molecule has 0 aliphatic carbocycles. The van der Waals surface area contributed by atoms with Gasteiger partial charge >= 0.3 is 0 Å². The molecule has 3 nitrogen and oxygen atoms in total. The molecule has 0 aromatic heterocycles. The van der Waals surface area contributed by atoms with E-state index in [4.69, 9.17) is 4.74 Å². The Morgan fingerprint density at radius 1 is 1.00 bits per heavy atom. The van der Waals surface area contributed by atoms with E-state index in [-0.39, 0.29) is 5.91 Å². The lowest BCUT2D eigenvalue weighted by molar-refractivity contribution is -0.113. The zero-order valence-corrected chi connectivity index (χ0v) is 14.3. The summed E-state index contributed by atoms with van der Waals surface area (Å²) in [7, 11) is 1.61. The van der Waals surface area contributed by atoms with Crippen LogP contribution < -0.4 is 10.1 Å². The first-order valence-corrected chi connectivity index (χ1v) is 8.89. The van der Waals surface area contributed by atoms with Crippen molar-refractivity contribution >= 4 is 34.1 Å². The number of thioether (sulfide) groups is 1. The van der Waals surface area contributed by atoms with Crippen LogP contribution in [0.5, 0.6) is 5.75 Å². The number of nitrogens with one attached hydrogen (secondary N) is 1. The molecule has 0 aliphatic rings. The first-order valence-electron chi connectivity index (χ1n) is 7.74. The SMILES string of the molecule is COc1cccc(NC(=O)CSCc2ccc3ccccc3c2)c1. The number of hydrogen-bond acceptors (Lipinski definition) is 3. The van der Waals surface area contributed by atoms with Gasteiger partial charge in [0.15, 0.2) is 0 Å². The molecule has 122 valence electrons. The summed E-state index contributed by atoms with van der Waals surface area (Å²) < 4.78 is 5.15. The molecule has 0 saturated heterocycles. The normalized spacial score (nSPS) is 10.5. The summed E-state index contributed by atoms with van der Waals surface area (Å²) in [5, 5.41) is 5.36. The van der Waals surface area contributed by atoms with Gasteiger partial charge < -0.3 is 10.1 Å². The van der Waals surface area contributed by atoms with Crippen LogP contribution in [0, 0.1) is 0 Å². The summed E-state index contributed by atoms with van der Waals surface area (Å²) in [4.78, 5) is 12.0. The van der Waals surface area contributed by atoms with Crippen molar-refractivity contribution in [2.45, 2.75) is 5.75 Å². The van der Waals surface area contributed by atoms with E-state index >= 15 is 0 Å². The minimum absolute atomic E-state index is 0.00552. The van der Waals surface area contributed by atoms with Crippen molar-refractivity contribution in [1.82, 2.24) is 0 Å². The number of hydrogen-bond donors (Lipinski definition) is 1. The Hall–Kier alpha value is -2.46. The van der Waals surface area contributed by atoms with Gasteiger partial charge in [0.25, 0.3) is 0 Å². The summed E-state index contributed by atoms with van der Waals surface area (Å²) in [6.45, 7) is 0. The number of anilines is 1. The van der Waals surface area contributed by atoms with Gasteiger partial charge in [-0.1, -0.05) is 48.5 Å². The Bertz CT molecular complexity index is 848. The quantitative estimate of drug-likeness (QED) is 0.707. The monoisotopic (exact) mass is 337 g/mol. The molecule has 24 heavy (non-hydrogen) atoms. The fourth-order valence-corrected chi connectivity index (χ4v) is 3.26. The smallest absolute Gasteiger partial charge is 0.234 e. The van der Waals surface area contributed by atoms with Crippen LogP contribution in [0.4, 0.5) is 5.69 Å². The van der Waals surface area contributed by atoms with Crippen LogP contribution in [-0.2, 0) is 10.5 Å². The Labute approximate surface area is 146 Å². The average molecular weight is 337 g/mol. The van der Waals surface area contributed by atoms with Gasteiger partial charge in [-0.15, -0.1) is 11.8 Å². The predicted octanol–water partition coefficient (Wildman–Crippen LogP) is 4.72. The number of carbonyl (C=O) groups is 1. The lowest BCUT2D eigenvalue weighted by Gasteiger charge is -2.07. The van der Waals surface area contributed by atoms with E-state index in [2.05, 4.69) is 35.6 Å². The van der Waals surface area contributed by atoms with Crippen molar-refractivity contribution in [3.05, 3.63) is 72.3 Å². The summed E-state index contributed by atoms with van der Waals surface area (Å²) in [5.41, 5.74) is 1.98. The third-order valence-corrected chi connectivity index (χ3v) is 4.67. The van der Waals surface area contributed by atoms with Crippen LogP contribution in [0.1, 0.15) is 5.56 Å². The Morgan fingerprint density at radius 3 is 2.67 bits per heavy atom. The number of ether oxygens (including phenoxy) is 1. The maximum absolute atomic E-state index is 12.0. The fourth-order valence-electron chi connectivity index (χ4n) is 2.49. The van der Waals surface area contributed by atoms with Gasteiger partial charge in [0, 0.05) is 17.5 Å². The third kappa shape index (κ3) is 4.30. The molecule has 0 bridgehead atoms. The van der Waals surface area contributed by atoms with Crippen LogP contribution in [0.3, 0.4) is 0 Å². The van der Waals surface area contributed by atoms with E-state index in [9.17, 15) is 4.79 Å². The maximum atomic E-state index is 12.0. The molecule has 0 heterocycles. The van der Waals surface area contributed by atoms with Crippen LogP contribution in [-0.4, -0.2) is 18.8 Å². The number of methoxy groups -OCH3 is 1. The van der Waals surface area contributed by atoms with Crippen LogP contribution >= 0.6 is 11.8 Å². The van der Waals surface area contributed by atoms with Crippen molar-refractivity contribution in [3.63, 3.8) is 0 Å². The van der Waals surface area contributed by atoms with Crippen molar-refractivity contribution < 1.29 is 9.53 Å². The first kappa shape index (κ1) is 16.4. The number of amides is 1. The Morgan fingerprint density at radius 2 is 1.83 bits per heavy atom. The predicted molar refractivity (Wildman–Crippen MR) is 102 cm³/mol. The molecular weight excluding hydrogens is 318 g/mol. The number of carbonyl (C=O) groups excluding carboxylic acids is 1. The summed E-state index contributed by atoms with van der Waals surface area (Å²) >= 11 is 1.61. The fraction of sp³-hybridized carbons (Fsp3) is 0.150. The zero-order valence-electron chi connectivity index (χ0n) is 13.5. The van der Waals surface area contributed by atoms with Crippen molar-refractivity contribution in [1.29, 1.82) is 0 Å². The highest BCUT2D eigenvalue weighted by Crippen LogP contribution is 2.20. The topological polar surface area (TPSA) is 38.3 Å². The number of fused-ring (bicyclic) bond motifs is 1. The van der Waals surface area contributed by atoms with Gasteiger partial charge in [-0.3, -0.25) is 4.79 Å². The molecule has 0 atom stereocenters. The average Bonchev–Trinajstić information content (AvgIpc) is 2.62. The molecular formula is C20H19NO2S. The summed E-state index contributed by atoms with van der Waals surface area (Å²) in [5.74, 6) is 1.96. The van der Waals surface area contributed by atoms with Gasteiger partial charge in [0.2, 0.25) is 5.91 Å². The highest BCUT2D eigenvalue weighted by atomic mass is 32.2. The minimum Gasteiger partial charge on any atom is -0.497 e. The second-order valence-electron chi connectivity index (χ2n) is 5.45. The molecule has 0 aliphatic heterocycles. The van der Waals surface area contributed by atoms with Crippen LogP contribution in [0.25, 0.3) is 10.8 Å². The maximum Gasteiger partial charge on any atom is 0.234 e. The van der Waals surface area contributed by atoms with Gasteiger partial charge in [0.1, 0.15) is 5.75 Å².